The number of amides is 1. The van der Waals surface area contributed by atoms with Gasteiger partial charge >= 0.3 is 5.76 Å². The molecule has 0 spiro atoms. The molecule has 144 valence electrons. The highest BCUT2D eigenvalue weighted by Crippen LogP contribution is 2.37. The van der Waals surface area contributed by atoms with Crippen molar-refractivity contribution in [2.24, 2.45) is 0 Å². The molecule has 4 aromatic rings. The minimum absolute atomic E-state index is 0.0191. The summed E-state index contributed by atoms with van der Waals surface area (Å²) in [4.78, 5) is 28.7. The van der Waals surface area contributed by atoms with E-state index in [1.54, 1.807) is 12.1 Å². The molecular weight excluding hydrogens is 368 g/mol. The number of carbonyl (C=O) groups is 1. The number of carbonyl (C=O) groups excluding carboxylic acids is 1. The van der Waals surface area contributed by atoms with Crippen LogP contribution in [0.5, 0.6) is 11.5 Å². The van der Waals surface area contributed by atoms with Gasteiger partial charge in [-0.25, -0.2) is 4.79 Å². The summed E-state index contributed by atoms with van der Waals surface area (Å²) in [5.41, 5.74) is 3.66. The van der Waals surface area contributed by atoms with Crippen molar-refractivity contribution in [2.45, 2.75) is 19.5 Å². The van der Waals surface area contributed by atoms with E-state index < -0.39 is 5.76 Å². The Bertz CT molecular complexity index is 1270. The first-order valence-corrected chi connectivity index (χ1v) is 9.38. The number of aromatic nitrogens is 1. The van der Waals surface area contributed by atoms with Gasteiger partial charge in [0.2, 0.25) is 0 Å². The normalized spacial score (nSPS) is 15.7. The van der Waals surface area contributed by atoms with E-state index >= 15 is 0 Å². The van der Waals surface area contributed by atoms with Crippen molar-refractivity contribution in [3.8, 4) is 11.5 Å². The molecule has 1 unspecified atom stereocenters. The highest BCUT2D eigenvalue weighted by Gasteiger charge is 2.34. The number of hydrogen-bond acceptors (Lipinski definition) is 4. The van der Waals surface area contributed by atoms with Crippen LogP contribution in [0.15, 0.2) is 75.9 Å². The van der Waals surface area contributed by atoms with Gasteiger partial charge in [0.1, 0.15) is 11.5 Å². The van der Waals surface area contributed by atoms with Crippen LogP contribution in [0.1, 0.15) is 34.5 Å². The highest BCUT2D eigenvalue weighted by molar-refractivity contribution is 5.99. The van der Waals surface area contributed by atoms with Crippen molar-refractivity contribution in [1.29, 1.82) is 0 Å². The van der Waals surface area contributed by atoms with Crippen LogP contribution in [0, 0.1) is 0 Å². The van der Waals surface area contributed by atoms with Crippen molar-refractivity contribution in [3.05, 3.63) is 94.0 Å². The smallest absolute Gasteiger partial charge is 0.417 e. The van der Waals surface area contributed by atoms with E-state index in [0.717, 1.165) is 16.9 Å². The van der Waals surface area contributed by atoms with Crippen molar-refractivity contribution >= 4 is 17.0 Å². The molecule has 0 aliphatic carbocycles. The van der Waals surface area contributed by atoms with E-state index in [4.69, 9.17) is 9.15 Å². The molecule has 3 aromatic carbocycles. The third-order valence-corrected chi connectivity index (χ3v) is 5.25. The number of H-pyrrole nitrogens is 1. The van der Waals surface area contributed by atoms with Crippen LogP contribution in [0.2, 0.25) is 0 Å². The molecule has 1 N–H and O–H groups in total. The Morgan fingerprint density at radius 1 is 1.00 bits per heavy atom. The molecule has 2 heterocycles. The standard InChI is InChI=1S/C23H18N2O4/c1-14-19-12-17(28-16-5-3-2-4-6-16)8-9-18(19)22(26)25(14)13-15-7-10-20-21(11-15)29-23(27)24-20/h2-12,14H,13H2,1H3,(H,24,27). The maximum absolute atomic E-state index is 13.0. The molecule has 1 aromatic heterocycles. The lowest BCUT2D eigenvalue weighted by molar-refractivity contribution is 0.0723. The van der Waals surface area contributed by atoms with Crippen LogP contribution in [0.3, 0.4) is 0 Å². The summed E-state index contributed by atoms with van der Waals surface area (Å²) in [5.74, 6) is 0.949. The molecular formula is C23H18N2O4. The lowest BCUT2D eigenvalue weighted by Gasteiger charge is -2.22. The van der Waals surface area contributed by atoms with Crippen LogP contribution in [-0.2, 0) is 6.54 Å². The number of hydrogen-bond donors (Lipinski definition) is 1. The molecule has 0 radical (unpaired) electrons. The molecule has 6 heteroatoms. The SMILES string of the molecule is CC1c2cc(Oc3ccccc3)ccc2C(=O)N1Cc1ccc2[nH]c(=O)oc2c1. The van der Waals surface area contributed by atoms with Gasteiger partial charge in [-0.1, -0.05) is 24.3 Å². The number of aromatic amines is 1. The first kappa shape index (κ1) is 17.3. The summed E-state index contributed by atoms with van der Waals surface area (Å²) in [6.07, 6.45) is 0. The lowest BCUT2D eigenvalue weighted by atomic mass is 10.1. The molecule has 29 heavy (non-hydrogen) atoms. The first-order valence-electron chi connectivity index (χ1n) is 9.38. The molecule has 0 saturated carbocycles. The van der Waals surface area contributed by atoms with Gasteiger partial charge in [-0.3, -0.25) is 9.78 Å². The lowest BCUT2D eigenvalue weighted by Crippen LogP contribution is -2.26. The maximum atomic E-state index is 13.0. The Labute approximate surface area is 166 Å². The number of rotatable bonds is 4. The second kappa shape index (κ2) is 6.67. The number of benzene rings is 3. The van der Waals surface area contributed by atoms with Crippen LogP contribution in [0.4, 0.5) is 0 Å². The van der Waals surface area contributed by atoms with Crippen molar-refractivity contribution < 1.29 is 13.9 Å². The zero-order valence-electron chi connectivity index (χ0n) is 15.7. The fraction of sp³-hybridized carbons (Fsp3) is 0.130. The van der Waals surface area contributed by atoms with Crippen LogP contribution >= 0.6 is 0 Å². The zero-order chi connectivity index (χ0) is 20.0. The third-order valence-electron chi connectivity index (χ3n) is 5.25. The van der Waals surface area contributed by atoms with Crippen molar-refractivity contribution in [2.75, 3.05) is 0 Å². The quantitative estimate of drug-likeness (QED) is 0.555. The minimum atomic E-state index is -0.485. The highest BCUT2D eigenvalue weighted by atomic mass is 16.5. The number of oxazole rings is 1. The van der Waals surface area contributed by atoms with Gasteiger partial charge in [-0.15, -0.1) is 0 Å². The van der Waals surface area contributed by atoms with Crippen molar-refractivity contribution in [3.63, 3.8) is 0 Å². The van der Waals surface area contributed by atoms with Gasteiger partial charge in [0.25, 0.3) is 5.91 Å². The molecule has 1 amide bonds. The second-order valence-electron chi connectivity index (χ2n) is 7.12. The first-order chi connectivity index (χ1) is 14.1. The summed E-state index contributed by atoms with van der Waals surface area (Å²) < 4.78 is 11.0. The average molecular weight is 386 g/mol. The van der Waals surface area contributed by atoms with Gasteiger partial charge < -0.3 is 14.1 Å². The minimum Gasteiger partial charge on any atom is -0.457 e. The monoisotopic (exact) mass is 386 g/mol. The molecule has 1 aliphatic heterocycles. The summed E-state index contributed by atoms with van der Waals surface area (Å²) in [5, 5.41) is 0. The van der Waals surface area contributed by atoms with Crippen LogP contribution in [-0.4, -0.2) is 15.8 Å². The summed E-state index contributed by atoms with van der Waals surface area (Å²) >= 11 is 0. The number of para-hydroxylation sites is 1. The number of fused-ring (bicyclic) bond motifs is 2. The molecule has 0 bridgehead atoms. The fourth-order valence-electron chi connectivity index (χ4n) is 3.76. The molecule has 5 rings (SSSR count). The Morgan fingerprint density at radius 2 is 1.83 bits per heavy atom. The molecule has 1 aliphatic rings. The Balaban J connectivity index is 1.41. The van der Waals surface area contributed by atoms with E-state index in [9.17, 15) is 9.59 Å². The van der Waals surface area contributed by atoms with E-state index in [1.807, 2.05) is 66.4 Å². The van der Waals surface area contributed by atoms with Gasteiger partial charge in [-0.05, 0) is 60.5 Å². The summed E-state index contributed by atoms with van der Waals surface area (Å²) in [6, 6.07) is 20.5. The van der Waals surface area contributed by atoms with E-state index in [2.05, 4.69) is 4.98 Å². The Morgan fingerprint density at radius 3 is 2.66 bits per heavy atom. The summed E-state index contributed by atoms with van der Waals surface area (Å²) in [6.45, 7) is 2.43. The predicted molar refractivity (Wildman–Crippen MR) is 108 cm³/mol. The van der Waals surface area contributed by atoms with Crippen LogP contribution < -0.4 is 10.5 Å². The number of nitrogens with zero attached hydrogens (tertiary/aromatic N) is 1. The average Bonchev–Trinajstić information content (AvgIpc) is 3.20. The fourth-order valence-corrected chi connectivity index (χ4v) is 3.76. The van der Waals surface area contributed by atoms with E-state index in [1.165, 1.54) is 0 Å². The zero-order valence-corrected chi connectivity index (χ0v) is 15.7. The van der Waals surface area contributed by atoms with Gasteiger partial charge in [0.05, 0.1) is 11.6 Å². The van der Waals surface area contributed by atoms with Crippen molar-refractivity contribution in [1.82, 2.24) is 9.88 Å². The van der Waals surface area contributed by atoms with Gasteiger partial charge in [0, 0.05) is 12.1 Å². The van der Waals surface area contributed by atoms with Gasteiger partial charge in [0.15, 0.2) is 5.58 Å². The molecule has 0 saturated heterocycles. The topological polar surface area (TPSA) is 75.5 Å². The molecule has 1 atom stereocenters. The Hall–Kier alpha value is -3.80. The van der Waals surface area contributed by atoms with E-state index in [0.29, 0.717) is 29.0 Å². The maximum Gasteiger partial charge on any atom is 0.417 e. The largest absolute Gasteiger partial charge is 0.457 e. The summed E-state index contributed by atoms with van der Waals surface area (Å²) in [7, 11) is 0. The van der Waals surface area contributed by atoms with Crippen LogP contribution in [0.25, 0.3) is 11.1 Å². The third kappa shape index (κ3) is 3.08. The predicted octanol–water partition coefficient (Wildman–Crippen LogP) is 4.63. The second-order valence-corrected chi connectivity index (χ2v) is 7.12. The number of nitrogens with one attached hydrogen (secondary N) is 1. The van der Waals surface area contributed by atoms with Gasteiger partial charge in [-0.2, -0.15) is 0 Å². The van der Waals surface area contributed by atoms with E-state index in [-0.39, 0.29) is 11.9 Å². The Kier molecular flexibility index (Phi) is 3.98. The molecule has 0 fully saturated rings. The molecule has 6 nitrogen and oxygen atoms in total. The number of ether oxygens (including phenoxy) is 1.